The summed E-state index contributed by atoms with van der Waals surface area (Å²) in [6.07, 6.45) is 2.46. The summed E-state index contributed by atoms with van der Waals surface area (Å²) in [5, 5.41) is 9.28. The van der Waals surface area contributed by atoms with Crippen molar-refractivity contribution in [1.29, 1.82) is 0 Å². The molecule has 1 saturated heterocycles. The molecular weight excluding hydrogens is 361 g/mol. The van der Waals surface area contributed by atoms with Gasteiger partial charge in [0, 0.05) is 18.8 Å². The minimum atomic E-state index is -1.51. The number of anilines is 1. The smallest absolute Gasteiger partial charge is 0.199 e. The Kier molecular flexibility index (Phi) is 8.01. The zero-order valence-electron chi connectivity index (χ0n) is 14.4. The van der Waals surface area contributed by atoms with Crippen molar-refractivity contribution in [3.05, 3.63) is 24.3 Å². The number of hydrogen-bond donors (Lipinski definition) is 2. The van der Waals surface area contributed by atoms with Gasteiger partial charge in [0.25, 0.3) is 0 Å². The number of amidine groups is 1. The number of hydrogen-bond acceptors (Lipinski definition) is 4. The van der Waals surface area contributed by atoms with E-state index in [0.29, 0.717) is 12.7 Å². The molecule has 2 atom stereocenters. The van der Waals surface area contributed by atoms with Gasteiger partial charge in [0.2, 0.25) is 0 Å². The molecule has 0 bridgehead atoms. The van der Waals surface area contributed by atoms with Gasteiger partial charge >= 0.3 is 0 Å². The second kappa shape index (κ2) is 9.76. The molecule has 1 heterocycles. The van der Waals surface area contributed by atoms with Crippen LogP contribution in [0.3, 0.4) is 0 Å². The lowest BCUT2D eigenvalue weighted by molar-refractivity contribution is 0.238. The topological polar surface area (TPSA) is 64.9 Å². The van der Waals surface area contributed by atoms with Gasteiger partial charge in [0.1, 0.15) is 0 Å². The highest BCUT2D eigenvalue weighted by atomic mass is 32.7. The molecule has 2 unspecified atom stereocenters. The van der Waals surface area contributed by atoms with Crippen molar-refractivity contribution in [3.8, 4) is 0 Å². The van der Waals surface area contributed by atoms with Crippen molar-refractivity contribution < 1.29 is 9.42 Å². The molecule has 1 aromatic rings. The average Bonchev–Trinajstić information content (AvgIpc) is 2.61. The summed E-state index contributed by atoms with van der Waals surface area (Å²) >= 11 is 1.34. The highest BCUT2D eigenvalue weighted by molar-refractivity contribution is 8.57. The van der Waals surface area contributed by atoms with Crippen LogP contribution in [0, 0.1) is 11.8 Å². The van der Waals surface area contributed by atoms with Gasteiger partial charge in [-0.3, -0.25) is 5.21 Å². The second-order valence-corrected chi connectivity index (χ2v) is 10.1. The van der Waals surface area contributed by atoms with Gasteiger partial charge in [-0.2, -0.15) is 4.40 Å². The van der Waals surface area contributed by atoms with Crippen LogP contribution >= 0.6 is 19.2 Å². The Labute approximate surface area is 152 Å². The van der Waals surface area contributed by atoms with E-state index in [4.69, 9.17) is 5.21 Å². The van der Waals surface area contributed by atoms with E-state index < -0.39 is 11.0 Å². The van der Waals surface area contributed by atoms with Gasteiger partial charge in [-0.05, 0) is 55.6 Å². The molecular formula is C16H26N3O2PS2. The third kappa shape index (κ3) is 5.45. The number of hydroxylamine groups is 1. The summed E-state index contributed by atoms with van der Waals surface area (Å²) in [5.74, 6) is 1.58. The molecule has 2 rings (SSSR count). The standard InChI is InChI=1S/C16H26N3O2PS2/c1-12(2)13-8-10-19(11-9-13)14-4-6-15(7-5-14)24(21)18-16(17-20)23-22-3/h4-7,12-13,20,22H,8-11H2,1-3H3,(H,17,18). The van der Waals surface area contributed by atoms with Crippen LogP contribution in [0.5, 0.6) is 0 Å². The van der Waals surface area contributed by atoms with Crippen molar-refractivity contribution in [2.24, 2.45) is 16.2 Å². The summed E-state index contributed by atoms with van der Waals surface area (Å²) in [4.78, 5) is 3.03. The van der Waals surface area contributed by atoms with Gasteiger partial charge in [-0.1, -0.05) is 33.0 Å². The highest BCUT2D eigenvalue weighted by Crippen LogP contribution is 2.29. The molecule has 5 nitrogen and oxygen atoms in total. The largest absolute Gasteiger partial charge is 0.372 e. The van der Waals surface area contributed by atoms with Gasteiger partial charge in [0.15, 0.2) is 16.2 Å². The average molecular weight is 388 g/mol. The molecule has 0 amide bonds. The van der Waals surface area contributed by atoms with Crippen molar-refractivity contribution in [2.45, 2.75) is 31.6 Å². The maximum atomic E-state index is 12.2. The SMILES string of the molecule is CPS/C(=N/S(=O)c1ccc(N2CCC(C(C)C)CC2)cc1)NO. The van der Waals surface area contributed by atoms with E-state index in [0.717, 1.165) is 24.9 Å². The van der Waals surface area contributed by atoms with Crippen LogP contribution in [0.2, 0.25) is 0 Å². The molecule has 1 aromatic carbocycles. The molecule has 0 aromatic heterocycles. The monoisotopic (exact) mass is 387 g/mol. The summed E-state index contributed by atoms with van der Waals surface area (Å²) in [6.45, 7) is 8.74. The molecule has 24 heavy (non-hydrogen) atoms. The second-order valence-electron chi connectivity index (χ2n) is 6.13. The van der Waals surface area contributed by atoms with Gasteiger partial charge in [-0.25, -0.2) is 9.69 Å². The third-order valence-corrected chi connectivity index (χ3v) is 7.26. The zero-order chi connectivity index (χ0) is 17.5. The first-order valence-corrected chi connectivity index (χ1v) is 12.3. The highest BCUT2D eigenvalue weighted by Gasteiger charge is 2.21. The van der Waals surface area contributed by atoms with Crippen LogP contribution in [0.25, 0.3) is 0 Å². The summed E-state index contributed by atoms with van der Waals surface area (Å²) in [7, 11) is -0.989. The molecule has 0 radical (unpaired) electrons. The fourth-order valence-corrected chi connectivity index (χ4v) is 5.19. The van der Waals surface area contributed by atoms with E-state index in [9.17, 15) is 4.21 Å². The maximum Gasteiger partial charge on any atom is 0.199 e. The predicted molar refractivity (Wildman–Crippen MR) is 107 cm³/mol. The molecule has 1 fully saturated rings. The van der Waals surface area contributed by atoms with Crippen LogP contribution in [0.4, 0.5) is 5.69 Å². The summed E-state index contributed by atoms with van der Waals surface area (Å²) in [6, 6.07) is 7.74. The minimum Gasteiger partial charge on any atom is -0.372 e. The van der Waals surface area contributed by atoms with Crippen LogP contribution in [0.15, 0.2) is 33.6 Å². The van der Waals surface area contributed by atoms with Gasteiger partial charge in [0.05, 0.1) is 4.90 Å². The maximum absolute atomic E-state index is 12.2. The molecule has 0 saturated carbocycles. The number of piperidine rings is 1. The molecule has 1 aliphatic heterocycles. The Balaban J connectivity index is 1.99. The lowest BCUT2D eigenvalue weighted by Crippen LogP contribution is -2.35. The molecule has 0 aliphatic carbocycles. The van der Waals surface area contributed by atoms with Crippen molar-refractivity contribution in [3.63, 3.8) is 0 Å². The predicted octanol–water partition coefficient (Wildman–Crippen LogP) is 3.87. The first kappa shape index (κ1) is 19.7. The Morgan fingerprint density at radius 3 is 2.50 bits per heavy atom. The van der Waals surface area contributed by atoms with Crippen LogP contribution in [-0.2, 0) is 11.0 Å². The zero-order valence-corrected chi connectivity index (χ0v) is 17.0. The van der Waals surface area contributed by atoms with Gasteiger partial charge in [-0.15, -0.1) is 0 Å². The molecule has 8 heteroatoms. The van der Waals surface area contributed by atoms with Crippen LogP contribution in [0.1, 0.15) is 26.7 Å². The first-order chi connectivity index (χ1) is 11.5. The van der Waals surface area contributed by atoms with Crippen molar-refractivity contribution >= 4 is 41.0 Å². The summed E-state index contributed by atoms with van der Waals surface area (Å²) in [5.41, 5.74) is 3.17. The molecule has 1 aliphatic rings. The fraction of sp³-hybridized carbons (Fsp3) is 0.562. The van der Waals surface area contributed by atoms with Crippen molar-refractivity contribution in [2.75, 3.05) is 24.7 Å². The minimum absolute atomic E-state index is 0.286. The quantitative estimate of drug-likeness (QED) is 0.347. The normalized spacial score (nSPS) is 18.5. The summed E-state index contributed by atoms with van der Waals surface area (Å²) < 4.78 is 16.3. The lowest BCUT2D eigenvalue weighted by Gasteiger charge is -2.35. The first-order valence-electron chi connectivity index (χ1n) is 8.14. The number of rotatable bonds is 5. The van der Waals surface area contributed by atoms with Crippen LogP contribution < -0.4 is 10.4 Å². The Bertz CT molecular complexity index is 573. The number of nitrogens with one attached hydrogen (secondary N) is 1. The third-order valence-electron chi connectivity index (χ3n) is 4.35. The van der Waals surface area contributed by atoms with E-state index in [1.54, 1.807) is 0 Å². The lowest BCUT2D eigenvalue weighted by atomic mass is 9.86. The van der Waals surface area contributed by atoms with Crippen LogP contribution in [-0.4, -0.2) is 34.3 Å². The van der Waals surface area contributed by atoms with Gasteiger partial charge < -0.3 is 4.90 Å². The van der Waals surface area contributed by atoms with E-state index in [1.807, 2.05) is 36.4 Å². The van der Waals surface area contributed by atoms with E-state index in [-0.39, 0.29) is 5.17 Å². The van der Waals surface area contributed by atoms with E-state index in [1.165, 1.54) is 29.9 Å². The van der Waals surface area contributed by atoms with E-state index in [2.05, 4.69) is 23.1 Å². The van der Waals surface area contributed by atoms with Crippen molar-refractivity contribution in [1.82, 2.24) is 5.48 Å². The fourth-order valence-electron chi connectivity index (χ4n) is 2.88. The number of nitrogens with zero attached hydrogens (tertiary/aromatic N) is 2. The molecule has 0 spiro atoms. The van der Waals surface area contributed by atoms with E-state index >= 15 is 0 Å². The Morgan fingerprint density at radius 2 is 2.00 bits per heavy atom. The Morgan fingerprint density at radius 1 is 1.38 bits per heavy atom. The molecule has 134 valence electrons. The Hall–Kier alpha value is -0.620. The molecule has 2 N–H and O–H groups in total. The number of benzene rings is 1.